The fraction of sp³-hybridized carbons (Fsp3) is 0.562. The molecule has 0 heterocycles. The summed E-state index contributed by atoms with van der Waals surface area (Å²) in [6.45, 7) is 4.32. The maximum absolute atomic E-state index is 12.2. The Hall–Kier alpha value is -1.51. The van der Waals surface area contributed by atoms with Crippen LogP contribution in [-0.4, -0.2) is 19.1 Å². The van der Waals surface area contributed by atoms with Crippen LogP contribution < -0.4 is 10.1 Å². The highest BCUT2D eigenvalue weighted by Gasteiger charge is 2.13. The number of ether oxygens (including phenoxy) is 1. The van der Waals surface area contributed by atoms with Gasteiger partial charge < -0.3 is 10.1 Å². The summed E-state index contributed by atoms with van der Waals surface area (Å²) in [6.07, 6.45) is 5.50. The van der Waals surface area contributed by atoms with Crippen LogP contribution in [-0.2, 0) is 0 Å². The lowest BCUT2D eigenvalue weighted by Gasteiger charge is -2.18. The fourth-order valence-electron chi connectivity index (χ4n) is 2.12. The van der Waals surface area contributed by atoms with Gasteiger partial charge in [0.1, 0.15) is 5.75 Å². The number of rotatable bonds is 8. The van der Waals surface area contributed by atoms with Crippen molar-refractivity contribution in [2.45, 2.75) is 52.0 Å². The molecule has 3 heteroatoms. The van der Waals surface area contributed by atoms with Crippen LogP contribution in [0, 0.1) is 0 Å². The lowest BCUT2D eigenvalue weighted by atomic mass is 10.0. The first-order valence-corrected chi connectivity index (χ1v) is 7.16. The second-order valence-electron chi connectivity index (χ2n) is 4.83. The Kier molecular flexibility index (Phi) is 7.01. The topological polar surface area (TPSA) is 38.3 Å². The van der Waals surface area contributed by atoms with Crippen LogP contribution in [0.25, 0.3) is 0 Å². The molecule has 106 valence electrons. The number of carbonyl (C=O) groups excluding carboxylic acids is 1. The highest BCUT2D eigenvalue weighted by atomic mass is 16.5. The zero-order chi connectivity index (χ0) is 14.1. The van der Waals surface area contributed by atoms with Crippen LogP contribution in [0.4, 0.5) is 0 Å². The first kappa shape index (κ1) is 15.5. The van der Waals surface area contributed by atoms with Crippen LogP contribution in [0.3, 0.4) is 0 Å². The van der Waals surface area contributed by atoms with Crippen molar-refractivity contribution in [3.05, 3.63) is 29.8 Å². The molecule has 1 unspecified atom stereocenters. The van der Waals surface area contributed by atoms with E-state index in [4.69, 9.17) is 4.74 Å². The fourth-order valence-corrected chi connectivity index (χ4v) is 2.12. The first-order valence-electron chi connectivity index (χ1n) is 7.16. The molecule has 0 bridgehead atoms. The summed E-state index contributed by atoms with van der Waals surface area (Å²) in [4.78, 5) is 12.2. The van der Waals surface area contributed by atoms with Crippen molar-refractivity contribution in [3.8, 4) is 5.75 Å². The van der Waals surface area contributed by atoms with Gasteiger partial charge in [0.05, 0.1) is 7.11 Å². The van der Waals surface area contributed by atoms with Gasteiger partial charge in [-0.2, -0.15) is 0 Å². The monoisotopic (exact) mass is 263 g/mol. The second kappa shape index (κ2) is 8.57. The molecule has 0 aromatic heterocycles. The minimum atomic E-state index is -0.00606. The number of unbranched alkanes of at least 4 members (excludes halogenated alkanes) is 1. The number of amides is 1. The molecule has 0 radical (unpaired) electrons. The second-order valence-corrected chi connectivity index (χ2v) is 4.83. The van der Waals surface area contributed by atoms with Gasteiger partial charge in [-0.15, -0.1) is 0 Å². The van der Waals surface area contributed by atoms with Crippen LogP contribution in [0.2, 0.25) is 0 Å². The minimum Gasteiger partial charge on any atom is -0.497 e. The molecule has 1 N–H and O–H groups in total. The Labute approximate surface area is 116 Å². The smallest absolute Gasteiger partial charge is 0.251 e. The third kappa shape index (κ3) is 5.33. The van der Waals surface area contributed by atoms with Gasteiger partial charge in [-0.05, 0) is 31.0 Å². The SMILES string of the molecule is CCCCC(CCC)NC(=O)c1cccc(OC)c1. The van der Waals surface area contributed by atoms with Gasteiger partial charge in [0, 0.05) is 11.6 Å². The van der Waals surface area contributed by atoms with Gasteiger partial charge in [0.2, 0.25) is 0 Å². The maximum atomic E-state index is 12.2. The number of nitrogens with one attached hydrogen (secondary N) is 1. The van der Waals surface area contributed by atoms with Crippen molar-refractivity contribution >= 4 is 5.91 Å². The van der Waals surface area contributed by atoms with Crippen molar-refractivity contribution in [3.63, 3.8) is 0 Å². The van der Waals surface area contributed by atoms with Crippen molar-refractivity contribution in [1.29, 1.82) is 0 Å². The van der Waals surface area contributed by atoms with E-state index in [9.17, 15) is 4.79 Å². The number of methoxy groups -OCH3 is 1. The number of hydrogen-bond acceptors (Lipinski definition) is 2. The first-order chi connectivity index (χ1) is 9.21. The van der Waals surface area contributed by atoms with Crippen LogP contribution in [0.5, 0.6) is 5.75 Å². The molecule has 1 aromatic rings. The van der Waals surface area contributed by atoms with Crippen LogP contribution in [0.1, 0.15) is 56.3 Å². The van der Waals surface area contributed by atoms with E-state index >= 15 is 0 Å². The highest BCUT2D eigenvalue weighted by Crippen LogP contribution is 2.14. The minimum absolute atomic E-state index is 0.00606. The van der Waals surface area contributed by atoms with Crippen molar-refractivity contribution in [1.82, 2.24) is 5.32 Å². The van der Waals surface area contributed by atoms with E-state index in [1.165, 1.54) is 0 Å². The van der Waals surface area contributed by atoms with Gasteiger partial charge in [0.25, 0.3) is 5.91 Å². The number of benzene rings is 1. The molecule has 1 atom stereocenters. The normalized spacial score (nSPS) is 11.9. The Morgan fingerprint density at radius 3 is 2.68 bits per heavy atom. The van der Waals surface area contributed by atoms with Crippen molar-refractivity contribution in [2.75, 3.05) is 7.11 Å². The molecule has 0 aliphatic heterocycles. The van der Waals surface area contributed by atoms with Gasteiger partial charge >= 0.3 is 0 Å². The molecule has 3 nitrogen and oxygen atoms in total. The van der Waals surface area contributed by atoms with E-state index in [0.717, 1.165) is 32.1 Å². The predicted molar refractivity (Wildman–Crippen MR) is 78.7 cm³/mol. The molecule has 0 spiro atoms. The van der Waals surface area contributed by atoms with E-state index in [-0.39, 0.29) is 11.9 Å². The molecule has 1 rings (SSSR count). The molecule has 0 fully saturated rings. The zero-order valence-electron chi connectivity index (χ0n) is 12.2. The largest absolute Gasteiger partial charge is 0.497 e. The van der Waals surface area contributed by atoms with Crippen molar-refractivity contribution < 1.29 is 9.53 Å². The van der Waals surface area contributed by atoms with Crippen LogP contribution in [0.15, 0.2) is 24.3 Å². The third-order valence-electron chi connectivity index (χ3n) is 3.21. The Balaban J connectivity index is 2.64. The maximum Gasteiger partial charge on any atom is 0.251 e. The highest BCUT2D eigenvalue weighted by molar-refractivity contribution is 5.94. The van der Waals surface area contributed by atoms with Gasteiger partial charge in [-0.25, -0.2) is 0 Å². The van der Waals surface area contributed by atoms with E-state index in [2.05, 4.69) is 19.2 Å². The van der Waals surface area contributed by atoms with E-state index in [0.29, 0.717) is 11.3 Å². The summed E-state index contributed by atoms with van der Waals surface area (Å²) >= 11 is 0. The summed E-state index contributed by atoms with van der Waals surface area (Å²) in [7, 11) is 1.61. The summed E-state index contributed by atoms with van der Waals surface area (Å²) in [5, 5.41) is 3.13. The van der Waals surface area contributed by atoms with E-state index in [1.54, 1.807) is 13.2 Å². The van der Waals surface area contributed by atoms with Gasteiger partial charge in [-0.3, -0.25) is 4.79 Å². The number of hydrogen-bond donors (Lipinski definition) is 1. The number of carbonyl (C=O) groups is 1. The van der Waals surface area contributed by atoms with Crippen LogP contribution >= 0.6 is 0 Å². The lowest BCUT2D eigenvalue weighted by Crippen LogP contribution is -2.34. The Morgan fingerprint density at radius 1 is 1.26 bits per heavy atom. The Morgan fingerprint density at radius 2 is 2.05 bits per heavy atom. The summed E-state index contributed by atoms with van der Waals surface area (Å²) in [6, 6.07) is 7.56. The van der Waals surface area contributed by atoms with Crippen molar-refractivity contribution in [2.24, 2.45) is 0 Å². The summed E-state index contributed by atoms with van der Waals surface area (Å²) in [5.74, 6) is 0.710. The zero-order valence-corrected chi connectivity index (χ0v) is 12.2. The molecule has 0 aliphatic rings. The molecule has 0 saturated heterocycles. The average Bonchev–Trinajstić information content (AvgIpc) is 2.45. The average molecular weight is 263 g/mol. The standard InChI is InChI=1S/C16H25NO2/c1-4-6-10-14(8-5-2)17-16(18)13-9-7-11-15(12-13)19-3/h7,9,11-12,14H,4-6,8,10H2,1-3H3,(H,17,18). The predicted octanol–water partition coefficient (Wildman–Crippen LogP) is 3.78. The third-order valence-corrected chi connectivity index (χ3v) is 3.21. The summed E-state index contributed by atoms with van der Waals surface area (Å²) in [5.41, 5.74) is 0.664. The molecule has 19 heavy (non-hydrogen) atoms. The molecule has 0 aliphatic carbocycles. The molecule has 1 amide bonds. The van der Waals surface area contributed by atoms with E-state index in [1.807, 2.05) is 18.2 Å². The molecular formula is C16H25NO2. The summed E-state index contributed by atoms with van der Waals surface area (Å²) < 4.78 is 5.14. The quantitative estimate of drug-likeness (QED) is 0.775. The molecule has 0 saturated carbocycles. The van der Waals surface area contributed by atoms with E-state index < -0.39 is 0 Å². The van der Waals surface area contributed by atoms with Gasteiger partial charge in [-0.1, -0.05) is 39.2 Å². The lowest BCUT2D eigenvalue weighted by molar-refractivity contribution is 0.0932. The van der Waals surface area contributed by atoms with Gasteiger partial charge in [0.15, 0.2) is 0 Å². The molecule has 1 aromatic carbocycles. The molecular weight excluding hydrogens is 238 g/mol. The Bertz CT molecular complexity index is 390.